The number of nitrogens with one attached hydrogen (secondary N) is 3. The molecule has 3 rings (SSSR count). The Bertz CT molecular complexity index is 546. The number of amidine groups is 1. The van der Waals surface area contributed by atoms with Crippen molar-refractivity contribution in [3.63, 3.8) is 0 Å². The van der Waals surface area contributed by atoms with Crippen molar-refractivity contribution in [1.29, 1.82) is 0 Å². The van der Waals surface area contributed by atoms with Gasteiger partial charge in [-0.2, -0.15) is 0 Å². The van der Waals surface area contributed by atoms with Crippen molar-refractivity contribution in [2.24, 2.45) is 5.10 Å². The van der Waals surface area contributed by atoms with Gasteiger partial charge in [0.1, 0.15) is 5.84 Å². The molecular formula is C14H14N4. The van der Waals surface area contributed by atoms with Crippen molar-refractivity contribution in [2.75, 3.05) is 0 Å². The molecule has 90 valence electrons. The maximum atomic E-state index is 4.06. The van der Waals surface area contributed by atoms with E-state index in [2.05, 4.69) is 70.1 Å². The molecule has 0 amide bonds. The van der Waals surface area contributed by atoms with Gasteiger partial charge in [0.25, 0.3) is 0 Å². The average Bonchev–Trinajstić information content (AvgIpc) is 2.94. The molecule has 0 radical (unpaired) electrons. The van der Waals surface area contributed by atoms with Crippen LogP contribution >= 0.6 is 0 Å². The summed E-state index contributed by atoms with van der Waals surface area (Å²) < 4.78 is 0. The maximum absolute atomic E-state index is 4.06. The highest BCUT2D eigenvalue weighted by Gasteiger charge is 2.05. The van der Waals surface area contributed by atoms with E-state index in [0.29, 0.717) is 0 Å². The van der Waals surface area contributed by atoms with Gasteiger partial charge >= 0.3 is 0 Å². The average molecular weight is 238 g/mol. The van der Waals surface area contributed by atoms with Crippen LogP contribution in [0, 0.1) is 0 Å². The number of rotatable bonds is 3. The highest BCUT2D eigenvalue weighted by atomic mass is 15.8. The minimum Gasteiger partial charge on any atom is -0.288 e. The molecule has 18 heavy (non-hydrogen) atoms. The van der Waals surface area contributed by atoms with E-state index in [1.165, 1.54) is 16.7 Å². The quantitative estimate of drug-likeness (QED) is 0.764. The molecule has 4 heteroatoms. The highest BCUT2D eigenvalue weighted by Crippen LogP contribution is 2.19. The summed E-state index contributed by atoms with van der Waals surface area (Å²) in [6.07, 6.45) is 0.787. The first-order valence-electron chi connectivity index (χ1n) is 5.89. The molecule has 0 fully saturated rings. The lowest BCUT2D eigenvalue weighted by Gasteiger charge is -2.04. The van der Waals surface area contributed by atoms with Crippen LogP contribution in [0.15, 0.2) is 59.7 Å². The van der Waals surface area contributed by atoms with Crippen LogP contribution in [0.4, 0.5) is 0 Å². The molecule has 0 aliphatic carbocycles. The van der Waals surface area contributed by atoms with Gasteiger partial charge in [0.05, 0.1) is 0 Å². The largest absolute Gasteiger partial charge is 0.288 e. The highest BCUT2D eigenvalue weighted by molar-refractivity contribution is 5.84. The molecular weight excluding hydrogens is 224 g/mol. The lowest BCUT2D eigenvalue weighted by atomic mass is 10.0. The van der Waals surface area contributed by atoms with E-state index in [9.17, 15) is 0 Å². The first-order chi connectivity index (χ1) is 8.92. The zero-order chi connectivity index (χ0) is 12.2. The summed E-state index contributed by atoms with van der Waals surface area (Å²) in [6, 6.07) is 18.9. The Balaban J connectivity index is 1.77. The summed E-state index contributed by atoms with van der Waals surface area (Å²) in [4.78, 5) is 0. The summed E-state index contributed by atoms with van der Waals surface area (Å²) in [7, 11) is 0. The molecule has 0 aromatic heterocycles. The first-order valence-corrected chi connectivity index (χ1v) is 5.89. The Hall–Kier alpha value is -2.33. The molecule has 0 atom stereocenters. The standard InChI is InChI=1S/C14H14N4/c1-2-4-12(5-3-1)13-8-6-11(7-9-13)10-14-15-17-18-16-14/h1-9,17-18H,10H2,(H,15,16). The van der Waals surface area contributed by atoms with Gasteiger partial charge in [0.15, 0.2) is 0 Å². The van der Waals surface area contributed by atoms with Crippen molar-refractivity contribution in [3.8, 4) is 11.1 Å². The van der Waals surface area contributed by atoms with E-state index in [1.807, 2.05) is 6.07 Å². The monoisotopic (exact) mass is 238 g/mol. The summed E-state index contributed by atoms with van der Waals surface area (Å²) >= 11 is 0. The minimum absolute atomic E-state index is 0.787. The van der Waals surface area contributed by atoms with Crippen LogP contribution in [-0.2, 0) is 6.42 Å². The Labute approximate surface area is 106 Å². The predicted octanol–water partition coefficient (Wildman–Crippen LogP) is 1.82. The van der Waals surface area contributed by atoms with Gasteiger partial charge in [-0.1, -0.05) is 54.6 Å². The third-order valence-corrected chi connectivity index (χ3v) is 2.89. The molecule has 1 aliphatic rings. The second-order valence-corrected chi connectivity index (χ2v) is 4.16. The van der Waals surface area contributed by atoms with Gasteiger partial charge < -0.3 is 0 Å². The summed E-state index contributed by atoms with van der Waals surface area (Å²) in [6.45, 7) is 0. The number of benzene rings is 2. The van der Waals surface area contributed by atoms with Gasteiger partial charge in [-0.25, -0.2) is 5.53 Å². The lowest BCUT2D eigenvalue weighted by molar-refractivity contribution is 0.576. The summed E-state index contributed by atoms with van der Waals surface area (Å²) in [5, 5.41) is 4.06. The second-order valence-electron chi connectivity index (χ2n) is 4.16. The van der Waals surface area contributed by atoms with E-state index in [1.54, 1.807) is 0 Å². The Morgan fingerprint density at radius 1 is 0.833 bits per heavy atom. The van der Waals surface area contributed by atoms with Crippen LogP contribution in [0.25, 0.3) is 11.1 Å². The second kappa shape index (κ2) is 4.89. The third-order valence-electron chi connectivity index (χ3n) is 2.89. The lowest BCUT2D eigenvalue weighted by Crippen LogP contribution is -2.35. The zero-order valence-corrected chi connectivity index (χ0v) is 9.85. The van der Waals surface area contributed by atoms with E-state index in [0.717, 1.165) is 12.3 Å². The SMILES string of the molecule is c1ccc(-c2ccc(CC3=NNNN3)cc2)cc1. The smallest absolute Gasteiger partial charge is 0.143 e. The molecule has 0 spiro atoms. The maximum Gasteiger partial charge on any atom is 0.143 e. The van der Waals surface area contributed by atoms with E-state index in [-0.39, 0.29) is 0 Å². The number of hydrogen-bond acceptors (Lipinski definition) is 4. The zero-order valence-electron chi connectivity index (χ0n) is 9.85. The van der Waals surface area contributed by atoms with Crippen molar-refractivity contribution < 1.29 is 0 Å². The van der Waals surface area contributed by atoms with Crippen molar-refractivity contribution >= 4 is 5.84 Å². The van der Waals surface area contributed by atoms with Crippen LogP contribution < -0.4 is 16.5 Å². The van der Waals surface area contributed by atoms with E-state index >= 15 is 0 Å². The first kappa shape index (κ1) is 10.8. The van der Waals surface area contributed by atoms with E-state index in [4.69, 9.17) is 0 Å². The number of nitrogens with zero attached hydrogens (tertiary/aromatic N) is 1. The fourth-order valence-electron chi connectivity index (χ4n) is 1.95. The molecule has 0 unspecified atom stereocenters. The molecule has 4 nitrogen and oxygen atoms in total. The topological polar surface area (TPSA) is 48.5 Å². The summed E-state index contributed by atoms with van der Waals surface area (Å²) in [5.41, 5.74) is 12.0. The number of hydrazone groups is 1. The van der Waals surface area contributed by atoms with Crippen LogP contribution in [-0.4, -0.2) is 5.84 Å². The molecule has 0 bridgehead atoms. The van der Waals surface area contributed by atoms with Gasteiger partial charge in [-0.3, -0.25) is 5.43 Å². The van der Waals surface area contributed by atoms with Crippen LogP contribution in [0.5, 0.6) is 0 Å². The number of hydrogen-bond donors (Lipinski definition) is 3. The van der Waals surface area contributed by atoms with Gasteiger partial charge in [0.2, 0.25) is 0 Å². The van der Waals surface area contributed by atoms with Crippen molar-refractivity contribution in [3.05, 3.63) is 60.2 Å². The van der Waals surface area contributed by atoms with Crippen LogP contribution in [0.3, 0.4) is 0 Å². The fourth-order valence-corrected chi connectivity index (χ4v) is 1.95. The molecule has 2 aromatic carbocycles. The molecule has 0 saturated carbocycles. The normalized spacial score (nSPS) is 13.7. The van der Waals surface area contributed by atoms with Crippen LogP contribution in [0.1, 0.15) is 5.56 Å². The molecule has 0 saturated heterocycles. The Morgan fingerprint density at radius 2 is 1.56 bits per heavy atom. The number of hydrazine groups is 2. The molecule has 3 N–H and O–H groups in total. The van der Waals surface area contributed by atoms with Gasteiger partial charge in [0, 0.05) is 6.42 Å². The molecule has 2 aromatic rings. The summed E-state index contributed by atoms with van der Waals surface area (Å²) in [5.74, 6) is 0.891. The van der Waals surface area contributed by atoms with Crippen molar-refractivity contribution in [2.45, 2.75) is 6.42 Å². The van der Waals surface area contributed by atoms with Gasteiger partial charge in [-0.15, -0.1) is 10.6 Å². The van der Waals surface area contributed by atoms with Crippen LogP contribution in [0.2, 0.25) is 0 Å². The van der Waals surface area contributed by atoms with Gasteiger partial charge in [-0.05, 0) is 16.7 Å². The molecule has 1 heterocycles. The Morgan fingerprint density at radius 3 is 2.22 bits per heavy atom. The Kier molecular flexibility index (Phi) is 2.94. The fraction of sp³-hybridized carbons (Fsp3) is 0.0714. The van der Waals surface area contributed by atoms with E-state index < -0.39 is 0 Å². The predicted molar refractivity (Wildman–Crippen MR) is 72.4 cm³/mol. The minimum atomic E-state index is 0.787. The molecule has 1 aliphatic heterocycles. The van der Waals surface area contributed by atoms with Crippen molar-refractivity contribution in [1.82, 2.24) is 16.5 Å². The third kappa shape index (κ3) is 2.33.